The number of aliphatic carboxylic acids is 1. The number of sulfonamides is 1. The fourth-order valence-electron chi connectivity index (χ4n) is 3.45. The number of ether oxygens (including phenoxy) is 1. The minimum atomic E-state index is -3.90. The normalized spacial score (nSPS) is 12.4. The summed E-state index contributed by atoms with van der Waals surface area (Å²) in [5.41, 5.74) is 0.624. The topological polar surface area (TPSA) is 133 Å². The maximum Gasteiger partial charge on any atom is 0.326 e. The molecule has 38 heavy (non-hydrogen) atoms. The number of benzene rings is 3. The molecule has 0 aliphatic carbocycles. The third kappa shape index (κ3) is 7.06. The van der Waals surface area contributed by atoms with Crippen molar-refractivity contribution in [3.63, 3.8) is 0 Å². The molecule has 3 N–H and O–H groups in total. The fourth-order valence-corrected chi connectivity index (χ4v) is 5.77. The molecule has 0 unspecified atom stereocenters. The highest BCUT2D eigenvalue weighted by Gasteiger charge is 2.27. The number of hydrogen-bond donors (Lipinski definition) is 3. The number of carboxylic acids is 1. The number of carboxylic acid groups (broad SMARTS) is 1. The van der Waals surface area contributed by atoms with Crippen LogP contribution < -0.4 is 10.1 Å². The van der Waals surface area contributed by atoms with Crippen LogP contribution in [0, 0.1) is 0 Å². The number of nitrogens with one attached hydrogen (secondary N) is 1. The molecule has 0 saturated heterocycles. The molecule has 3 aromatic carbocycles. The summed E-state index contributed by atoms with van der Waals surface area (Å²) in [7, 11) is -0.896. The number of methoxy groups -OCH3 is 1. The van der Waals surface area contributed by atoms with E-state index in [0.29, 0.717) is 16.2 Å². The molecule has 1 amide bonds. The Morgan fingerprint density at radius 2 is 1.66 bits per heavy atom. The Morgan fingerprint density at radius 1 is 1.03 bits per heavy atom. The molecule has 1 atom stereocenters. The van der Waals surface area contributed by atoms with Gasteiger partial charge in [0.15, 0.2) is 0 Å². The average Bonchev–Trinajstić information content (AvgIpc) is 2.89. The first-order chi connectivity index (χ1) is 17.9. The molecule has 0 radical (unpaired) electrons. The highest BCUT2D eigenvalue weighted by atomic mass is 32.2. The summed E-state index contributed by atoms with van der Waals surface area (Å²) in [6, 6.07) is 15.8. The summed E-state index contributed by atoms with van der Waals surface area (Å²) in [6.07, 6.45) is -0.0314. The number of phenolic OH excluding ortho intramolecular Hbond substituents is 1. The average molecular weight is 559 g/mol. The maximum absolute atomic E-state index is 13.4. The predicted octanol–water partition coefficient (Wildman–Crippen LogP) is 4.01. The number of phenols is 1. The first kappa shape index (κ1) is 29.0. The number of nitrogens with zero attached hydrogens (tertiary/aromatic N) is 1. The summed E-state index contributed by atoms with van der Waals surface area (Å²) >= 11 is 1.24. The summed E-state index contributed by atoms with van der Waals surface area (Å²) in [5.74, 6) is -1.28. The van der Waals surface area contributed by atoms with E-state index >= 15 is 0 Å². The molecule has 0 aliphatic rings. The van der Waals surface area contributed by atoms with Crippen LogP contribution in [0.25, 0.3) is 0 Å². The number of carbonyl (C=O) groups is 2. The molecule has 0 aliphatic heterocycles. The fraction of sp³-hybridized carbons (Fsp3) is 0.259. The van der Waals surface area contributed by atoms with Crippen LogP contribution in [0.1, 0.15) is 29.8 Å². The Morgan fingerprint density at radius 3 is 2.21 bits per heavy atom. The van der Waals surface area contributed by atoms with Gasteiger partial charge < -0.3 is 20.3 Å². The van der Waals surface area contributed by atoms with Gasteiger partial charge in [0.05, 0.1) is 17.6 Å². The number of hydrogen-bond acceptors (Lipinski definition) is 7. The minimum absolute atomic E-state index is 0.0287. The number of carbonyl (C=O) groups excluding carboxylic acids is 1. The van der Waals surface area contributed by atoms with Crippen molar-refractivity contribution in [1.29, 1.82) is 0 Å². The Hall–Kier alpha value is -3.54. The number of rotatable bonds is 11. The van der Waals surface area contributed by atoms with E-state index < -0.39 is 27.9 Å². The van der Waals surface area contributed by atoms with E-state index in [4.69, 9.17) is 4.74 Å². The lowest BCUT2D eigenvalue weighted by Crippen LogP contribution is -2.42. The minimum Gasteiger partial charge on any atom is -0.508 e. The van der Waals surface area contributed by atoms with Crippen molar-refractivity contribution in [3.05, 3.63) is 77.9 Å². The van der Waals surface area contributed by atoms with Gasteiger partial charge in [-0.15, -0.1) is 0 Å². The van der Waals surface area contributed by atoms with Crippen LogP contribution in [0.5, 0.6) is 11.5 Å². The summed E-state index contributed by atoms with van der Waals surface area (Å²) in [6.45, 7) is 3.47. The van der Waals surface area contributed by atoms with Gasteiger partial charge in [-0.3, -0.25) is 4.79 Å². The predicted molar refractivity (Wildman–Crippen MR) is 144 cm³/mol. The SMILES string of the molecule is COc1ccc(Sc2ccc(S(=O)(=O)N(C)C(C)C)cc2C(=O)N[C@H](Cc2ccc(O)cc2)C(=O)O)cc1. The molecule has 0 aromatic heterocycles. The van der Waals surface area contributed by atoms with Gasteiger partial charge in [0, 0.05) is 29.3 Å². The van der Waals surface area contributed by atoms with Gasteiger partial charge in [0.25, 0.3) is 5.91 Å². The smallest absolute Gasteiger partial charge is 0.326 e. The van der Waals surface area contributed by atoms with Crippen molar-refractivity contribution in [2.75, 3.05) is 14.2 Å². The molecular weight excluding hydrogens is 528 g/mol. The van der Waals surface area contributed by atoms with Gasteiger partial charge in [-0.25, -0.2) is 13.2 Å². The van der Waals surface area contributed by atoms with Crippen LogP contribution in [-0.4, -0.2) is 61.1 Å². The monoisotopic (exact) mass is 558 g/mol. The molecule has 0 fully saturated rings. The zero-order valence-electron chi connectivity index (χ0n) is 21.4. The number of amides is 1. The molecule has 3 aromatic rings. The molecule has 0 saturated carbocycles. The van der Waals surface area contributed by atoms with Gasteiger partial charge in [-0.2, -0.15) is 4.31 Å². The maximum atomic E-state index is 13.4. The van der Waals surface area contributed by atoms with Crippen LogP contribution >= 0.6 is 11.8 Å². The molecule has 202 valence electrons. The third-order valence-electron chi connectivity index (χ3n) is 5.87. The van der Waals surface area contributed by atoms with E-state index in [1.54, 1.807) is 63.4 Å². The van der Waals surface area contributed by atoms with Crippen molar-refractivity contribution in [1.82, 2.24) is 9.62 Å². The van der Waals surface area contributed by atoms with Crippen LogP contribution in [0.3, 0.4) is 0 Å². The van der Waals surface area contributed by atoms with Crippen LogP contribution in [0.2, 0.25) is 0 Å². The molecule has 0 spiro atoms. The lowest BCUT2D eigenvalue weighted by atomic mass is 10.1. The van der Waals surface area contributed by atoms with Gasteiger partial charge in [0.1, 0.15) is 17.5 Å². The zero-order chi connectivity index (χ0) is 28.0. The van der Waals surface area contributed by atoms with Crippen molar-refractivity contribution < 1.29 is 33.0 Å². The van der Waals surface area contributed by atoms with Crippen molar-refractivity contribution in [2.45, 2.75) is 47.0 Å². The highest BCUT2D eigenvalue weighted by Crippen LogP contribution is 2.33. The largest absolute Gasteiger partial charge is 0.508 e. The van der Waals surface area contributed by atoms with Gasteiger partial charge in [-0.05, 0) is 74.0 Å². The van der Waals surface area contributed by atoms with Crippen molar-refractivity contribution >= 4 is 33.7 Å². The Labute approximate surface area is 226 Å². The zero-order valence-corrected chi connectivity index (χ0v) is 23.0. The van der Waals surface area contributed by atoms with Gasteiger partial charge >= 0.3 is 5.97 Å². The molecule has 11 heteroatoms. The molecule has 0 bridgehead atoms. The first-order valence-electron chi connectivity index (χ1n) is 11.7. The second kappa shape index (κ2) is 12.3. The third-order valence-corrected chi connectivity index (χ3v) is 8.98. The van der Waals surface area contributed by atoms with Crippen LogP contribution in [-0.2, 0) is 21.2 Å². The van der Waals surface area contributed by atoms with Crippen molar-refractivity contribution in [2.24, 2.45) is 0 Å². The highest BCUT2D eigenvalue weighted by molar-refractivity contribution is 7.99. The lowest BCUT2D eigenvalue weighted by molar-refractivity contribution is -0.139. The summed E-state index contributed by atoms with van der Waals surface area (Å²) < 4.78 is 32.7. The first-order valence-corrected chi connectivity index (χ1v) is 13.9. The van der Waals surface area contributed by atoms with Crippen molar-refractivity contribution in [3.8, 4) is 11.5 Å². The van der Waals surface area contributed by atoms with Crippen LogP contribution in [0.4, 0.5) is 0 Å². The van der Waals surface area contributed by atoms with E-state index in [0.717, 1.165) is 4.90 Å². The van der Waals surface area contributed by atoms with E-state index in [-0.39, 0.29) is 28.7 Å². The quantitative estimate of drug-likeness (QED) is 0.322. The second-order valence-electron chi connectivity index (χ2n) is 8.79. The Balaban J connectivity index is 1.99. The van der Waals surface area contributed by atoms with E-state index in [9.17, 15) is 28.2 Å². The second-order valence-corrected chi connectivity index (χ2v) is 11.9. The molecule has 9 nitrogen and oxygen atoms in total. The molecular formula is C27H30N2O7S2. The van der Waals surface area contributed by atoms with E-state index in [2.05, 4.69) is 5.32 Å². The molecule has 0 heterocycles. The standard InChI is InChI=1S/C27H30N2O7S2/c1-17(2)29(3)38(34,35)22-13-14-25(37-21-11-9-20(36-4)10-12-21)23(16-22)26(31)28-24(27(32)33)15-18-5-7-19(30)8-6-18/h5-14,16-17,24,30H,15H2,1-4H3,(H,28,31)(H,32,33)/t24-/m1/s1. The number of aromatic hydroxyl groups is 1. The van der Waals surface area contributed by atoms with E-state index in [1.807, 2.05) is 0 Å². The van der Waals surface area contributed by atoms with Gasteiger partial charge in [-0.1, -0.05) is 23.9 Å². The summed E-state index contributed by atoms with van der Waals surface area (Å²) in [4.78, 5) is 26.6. The van der Waals surface area contributed by atoms with Crippen LogP contribution in [0.15, 0.2) is 81.4 Å². The summed E-state index contributed by atoms with van der Waals surface area (Å²) in [5, 5.41) is 21.8. The van der Waals surface area contributed by atoms with Gasteiger partial charge in [0.2, 0.25) is 10.0 Å². The Bertz CT molecular complexity index is 1390. The van der Waals surface area contributed by atoms with E-state index in [1.165, 1.54) is 47.4 Å². The lowest BCUT2D eigenvalue weighted by Gasteiger charge is -2.22. The molecule has 3 rings (SSSR count). The Kier molecular flexibility index (Phi) is 9.42.